The predicted octanol–water partition coefficient (Wildman–Crippen LogP) is 3.75. The Bertz CT molecular complexity index is 927. The fraction of sp³-hybridized carbons (Fsp3) is 0.125. The molecule has 0 aliphatic heterocycles. The average molecular weight is 377 g/mol. The second kappa shape index (κ2) is 6.06. The van der Waals surface area contributed by atoms with Crippen LogP contribution in [0.15, 0.2) is 51.9 Å². The molecule has 0 saturated carbocycles. The van der Waals surface area contributed by atoms with E-state index in [1.54, 1.807) is 19.2 Å². The molecule has 1 heterocycles. The molecule has 1 aromatic heterocycles. The summed E-state index contributed by atoms with van der Waals surface area (Å²) in [5, 5.41) is 0. The number of benzene rings is 2. The van der Waals surface area contributed by atoms with Gasteiger partial charge < -0.3 is 9.30 Å². The number of ether oxygens (including phenoxy) is 1. The van der Waals surface area contributed by atoms with Crippen LogP contribution in [0.4, 0.5) is 0 Å². The van der Waals surface area contributed by atoms with Gasteiger partial charge in [0.1, 0.15) is 5.75 Å². The Morgan fingerprint density at radius 1 is 1.27 bits per heavy atom. The Morgan fingerprint density at radius 3 is 2.82 bits per heavy atom. The first kappa shape index (κ1) is 15.0. The number of aromatic nitrogens is 1. The number of amides is 1. The number of rotatable bonds is 2. The van der Waals surface area contributed by atoms with Gasteiger partial charge in [-0.15, -0.1) is 0 Å². The van der Waals surface area contributed by atoms with Gasteiger partial charge in [-0.1, -0.05) is 33.3 Å². The summed E-state index contributed by atoms with van der Waals surface area (Å²) in [6, 6.07) is 13.0. The number of hydrogen-bond donors (Lipinski definition) is 0. The van der Waals surface area contributed by atoms with Crippen LogP contribution >= 0.6 is 27.3 Å². The number of carbonyl (C=O) groups is 1. The molecule has 0 N–H and O–H groups in total. The van der Waals surface area contributed by atoms with Crippen molar-refractivity contribution in [1.29, 1.82) is 0 Å². The number of methoxy groups -OCH3 is 1. The van der Waals surface area contributed by atoms with Gasteiger partial charge in [0.2, 0.25) is 0 Å². The van der Waals surface area contributed by atoms with Gasteiger partial charge in [-0.05, 0) is 36.4 Å². The van der Waals surface area contributed by atoms with Crippen molar-refractivity contribution in [3.05, 3.63) is 57.3 Å². The molecule has 6 heteroatoms. The standard InChI is InChI=1S/C16H13BrN2O2S/c1-19-13-7-6-12(21-2)9-14(13)22-16(19)18-15(20)10-4-3-5-11(17)8-10/h3-9H,1-2H3. The van der Waals surface area contributed by atoms with Gasteiger partial charge in [0.15, 0.2) is 4.80 Å². The highest BCUT2D eigenvalue weighted by atomic mass is 79.9. The number of nitrogens with zero attached hydrogens (tertiary/aromatic N) is 2. The van der Waals surface area contributed by atoms with Gasteiger partial charge in [0.25, 0.3) is 5.91 Å². The fourth-order valence-corrected chi connectivity index (χ4v) is 3.57. The van der Waals surface area contributed by atoms with Crippen LogP contribution in [0.2, 0.25) is 0 Å². The lowest BCUT2D eigenvalue weighted by Gasteiger charge is -1.99. The highest BCUT2D eigenvalue weighted by molar-refractivity contribution is 9.10. The van der Waals surface area contributed by atoms with Gasteiger partial charge >= 0.3 is 0 Å². The lowest BCUT2D eigenvalue weighted by molar-refractivity contribution is 0.0998. The summed E-state index contributed by atoms with van der Waals surface area (Å²) in [7, 11) is 3.54. The van der Waals surface area contributed by atoms with E-state index < -0.39 is 0 Å². The van der Waals surface area contributed by atoms with E-state index >= 15 is 0 Å². The molecule has 0 bridgehead atoms. The van der Waals surface area contributed by atoms with Crippen molar-refractivity contribution in [1.82, 2.24) is 4.57 Å². The van der Waals surface area contributed by atoms with E-state index in [2.05, 4.69) is 20.9 Å². The van der Waals surface area contributed by atoms with Crippen LogP contribution in [-0.2, 0) is 7.05 Å². The molecule has 3 rings (SSSR count). The zero-order chi connectivity index (χ0) is 15.7. The number of thiazole rings is 1. The fourth-order valence-electron chi connectivity index (χ4n) is 2.12. The van der Waals surface area contributed by atoms with E-state index in [-0.39, 0.29) is 5.91 Å². The third kappa shape index (κ3) is 2.84. The van der Waals surface area contributed by atoms with Gasteiger partial charge in [-0.2, -0.15) is 4.99 Å². The molecule has 112 valence electrons. The summed E-state index contributed by atoms with van der Waals surface area (Å²) in [6.07, 6.45) is 0. The summed E-state index contributed by atoms with van der Waals surface area (Å²) in [4.78, 5) is 17.2. The summed E-state index contributed by atoms with van der Waals surface area (Å²) in [5.74, 6) is 0.537. The van der Waals surface area contributed by atoms with Crippen LogP contribution in [0.3, 0.4) is 0 Å². The summed E-state index contributed by atoms with van der Waals surface area (Å²) >= 11 is 4.83. The largest absolute Gasteiger partial charge is 0.497 e. The quantitative estimate of drug-likeness (QED) is 0.683. The summed E-state index contributed by atoms with van der Waals surface area (Å²) < 4.78 is 9.03. The van der Waals surface area contributed by atoms with Crippen LogP contribution in [0.25, 0.3) is 10.2 Å². The molecule has 0 unspecified atom stereocenters. The molecule has 1 amide bonds. The monoisotopic (exact) mass is 376 g/mol. The van der Waals surface area contributed by atoms with Crippen molar-refractivity contribution in [3.8, 4) is 5.75 Å². The third-order valence-corrected chi connectivity index (χ3v) is 4.87. The number of hydrogen-bond acceptors (Lipinski definition) is 3. The summed E-state index contributed by atoms with van der Waals surface area (Å²) in [6.45, 7) is 0. The first-order chi connectivity index (χ1) is 10.6. The Labute approximate surface area is 139 Å². The molecule has 0 atom stereocenters. The average Bonchev–Trinajstić information content (AvgIpc) is 2.82. The van der Waals surface area contributed by atoms with Crippen LogP contribution < -0.4 is 9.54 Å². The Morgan fingerprint density at radius 2 is 2.09 bits per heavy atom. The smallest absolute Gasteiger partial charge is 0.279 e. The van der Waals surface area contributed by atoms with Gasteiger partial charge in [-0.25, -0.2) is 0 Å². The van der Waals surface area contributed by atoms with E-state index in [1.807, 2.05) is 41.9 Å². The maximum absolute atomic E-state index is 12.3. The molecule has 22 heavy (non-hydrogen) atoms. The van der Waals surface area contributed by atoms with Crippen molar-refractivity contribution < 1.29 is 9.53 Å². The second-order valence-electron chi connectivity index (χ2n) is 4.70. The van der Waals surface area contributed by atoms with Crippen molar-refractivity contribution in [2.45, 2.75) is 0 Å². The molecular weight excluding hydrogens is 364 g/mol. The zero-order valence-electron chi connectivity index (χ0n) is 12.0. The van der Waals surface area contributed by atoms with E-state index in [4.69, 9.17) is 4.74 Å². The topological polar surface area (TPSA) is 43.6 Å². The third-order valence-electron chi connectivity index (χ3n) is 3.29. The SMILES string of the molecule is COc1ccc2c(c1)sc(=NC(=O)c1cccc(Br)c1)n2C. The van der Waals surface area contributed by atoms with Gasteiger partial charge in [-0.3, -0.25) is 4.79 Å². The molecule has 3 aromatic rings. The van der Waals surface area contributed by atoms with Crippen LogP contribution in [0.1, 0.15) is 10.4 Å². The molecule has 0 fully saturated rings. The zero-order valence-corrected chi connectivity index (χ0v) is 14.4. The van der Waals surface area contributed by atoms with Crippen molar-refractivity contribution in [2.24, 2.45) is 12.0 Å². The normalized spacial score (nSPS) is 11.9. The number of fused-ring (bicyclic) bond motifs is 1. The predicted molar refractivity (Wildman–Crippen MR) is 91.4 cm³/mol. The van der Waals surface area contributed by atoms with Gasteiger partial charge in [0.05, 0.1) is 17.3 Å². The Balaban J connectivity index is 2.09. The van der Waals surface area contributed by atoms with E-state index in [9.17, 15) is 4.79 Å². The number of carbonyl (C=O) groups excluding carboxylic acids is 1. The highest BCUT2D eigenvalue weighted by Gasteiger charge is 2.08. The molecule has 2 aromatic carbocycles. The second-order valence-corrected chi connectivity index (χ2v) is 6.63. The number of halogens is 1. The molecule has 0 spiro atoms. The molecule has 4 nitrogen and oxygen atoms in total. The molecule has 0 radical (unpaired) electrons. The van der Waals surface area contributed by atoms with Crippen molar-refractivity contribution in [3.63, 3.8) is 0 Å². The molecule has 0 saturated heterocycles. The van der Waals surface area contributed by atoms with E-state index in [0.29, 0.717) is 10.4 Å². The molecule has 0 aliphatic rings. The van der Waals surface area contributed by atoms with E-state index in [1.165, 1.54) is 11.3 Å². The van der Waals surface area contributed by atoms with E-state index in [0.717, 1.165) is 20.4 Å². The lowest BCUT2D eigenvalue weighted by Crippen LogP contribution is -2.13. The minimum Gasteiger partial charge on any atom is -0.497 e. The van der Waals surface area contributed by atoms with Crippen molar-refractivity contribution in [2.75, 3.05) is 7.11 Å². The molecule has 0 aliphatic carbocycles. The number of aryl methyl sites for hydroxylation is 1. The van der Waals surface area contributed by atoms with Crippen molar-refractivity contribution >= 4 is 43.4 Å². The Kier molecular flexibility index (Phi) is 4.13. The van der Waals surface area contributed by atoms with Crippen LogP contribution in [0, 0.1) is 0 Å². The first-order valence-corrected chi connectivity index (χ1v) is 8.17. The maximum Gasteiger partial charge on any atom is 0.279 e. The minimum atomic E-state index is -0.254. The Hall–Kier alpha value is -1.92. The van der Waals surface area contributed by atoms with Gasteiger partial charge in [0, 0.05) is 17.1 Å². The highest BCUT2D eigenvalue weighted by Crippen LogP contribution is 2.22. The van der Waals surface area contributed by atoms with Crippen LogP contribution in [0.5, 0.6) is 5.75 Å². The summed E-state index contributed by atoms with van der Waals surface area (Å²) in [5.41, 5.74) is 1.58. The van der Waals surface area contributed by atoms with Crippen LogP contribution in [-0.4, -0.2) is 17.6 Å². The lowest BCUT2D eigenvalue weighted by atomic mass is 10.2. The minimum absolute atomic E-state index is 0.254. The maximum atomic E-state index is 12.3. The molecular formula is C16H13BrN2O2S. The first-order valence-electron chi connectivity index (χ1n) is 6.56.